The first-order valence-electron chi connectivity index (χ1n) is 8.59. The second kappa shape index (κ2) is 7.05. The molecule has 1 amide bonds. The SMILES string of the molecule is O=C(c1cscn1)N1CCC2(CC1)C[C@H](Nc1ncccn1)CCO2. The van der Waals surface area contributed by atoms with Crippen molar-refractivity contribution in [2.24, 2.45) is 0 Å². The molecule has 0 saturated carbocycles. The minimum absolute atomic E-state index is 0.0271. The van der Waals surface area contributed by atoms with Gasteiger partial charge >= 0.3 is 0 Å². The highest BCUT2D eigenvalue weighted by Gasteiger charge is 2.41. The number of likely N-dealkylation sites (tertiary alicyclic amines) is 1. The predicted octanol–water partition coefficient (Wildman–Crippen LogP) is 2.20. The lowest BCUT2D eigenvalue weighted by molar-refractivity contribution is -0.110. The summed E-state index contributed by atoms with van der Waals surface area (Å²) in [6.07, 6.45) is 7.07. The number of rotatable bonds is 3. The van der Waals surface area contributed by atoms with Gasteiger partial charge in [-0.3, -0.25) is 4.79 Å². The smallest absolute Gasteiger partial charge is 0.273 e. The summed E-state index contributed by atoms with van der Waals surface area (Å²) in [5.41, 5.74) is 2.10. The van der Waals surface area contributed by atoms with Gasteiger partial charge in [0.1, 0.15) is 5.69 Å². The van der Waals surface area contributed by atoms with Crippen molar-refractivity contribution in [2.75, 3.05) is 25.0 Å². The summed E-state index contributed by atoms with van der Waals surface area (Å²) < 4.78 is 6.16. The number of ether oxygens (including phenoxy) is 1. The van der Waals surface area contributed by atoms with Crippen LogP contribution < -0.4 is 5.32 Å². The Balaban J connectivity index is 1.36. The van der Waals surface area contributed by atoms with Crippen LogP contribution in [0.25, 0.3) is 0 Å². The standard InChI is InChI=1S/C17H21N5O2S/c23-15(14-11-25-12-20-14)22-7-3-17(4-8-22)10-13(2-9-24-17)21-16-18-5-1-6-19-16/h1,5-6,11-13H,2-4,7-10H2,(H,18,19,21)/t13-/m1/s1. The van der Waals surface area contributed by atoms with Crippen molar-refractivity contribution < 1.29 is 9.53 Å². The Kier molecular flexibility index (Phi) is 4.63. The maximum atomic E-state index is 12.4. The predicted molar refractivity (Wildman–Crippen MR) is 94.6 cm³/mol. The Morgan fingerprint density at radius 1 is 1.28 bits per heavy atom. The lowest BCUT2D eigenvalue weighted by Crippen LogP contribution is -2.52. The number of hydrogen-bond acceptors (Lipinski definition) is 7. The Morgan fingerprint density at radius 3 is 2.80 bits per heavy atom. The van der Waals surface area contributed by atoms with Gasteiger partial charge in [-0.25, -0.2) is 15.0 Å². The Morgan fingerprint density at radius 2 is 2.08 bits per heavy atom. The summed E-state index contributed by atoms with van der Waals surface area (Å²) in [6.45, 7) is 2.15. The van der Waals surface area contributed by atoms with E-state index in [1.165, 1.54) is 11.3 Å². The first kappa shape index (κ1) is 16.4. The molecule has 2 saturated heterocycles. The molecule has 1 spiro atoms. The van der Waals surface area contributed by atoms with Gasteiger partial charge in [-0.15, -0.1) is 11.3 Å². The Hall–Kier alpha value is -2.06. The summed E-state index contributed by atoms with van der Waals surface area (Å²) in [5.74, 6) is 0.694. The lowest BCUT2D eigenvalue weighted by atomic mass is 9.82. The van der Waals surface area contributed by atoms with Crippen molar-refractivity contribution in [1.82, 2.24) is 19.9 Å². The topological polar surface area (TPSA) is 80.2 Å². The van der Waals surface area contributed by atoms with E-state index in [0.29, 0.717) is 30.8 Å². The lowest BCUT2D eigenvalue weighted by Gasteiger charge is -2.46. The quantitative estimate of drug-likeness (QED) is 0.905. The van der Waals surface area contributed by atoms with Crippen LogP contribution in [-0.4, -0.2) is 57.1 Å². The highest BCUT2D eigenvalue weighted by atomic mass is 32.1. The molecule has 132 valence electrons. The van der Waals surface area contributed by atoms with E-state index in [0.717, 1.165) is 32.3 Å². The Labute approximate surface area is 150 Å². The molecule has 0 aliphatic carbocycles. The molecule has 2 aromatic heterocycles. The number of carbonyl (C=O) groups is 1. The number of piperidine rings is 1. The zero-order valence-electron chi connectivity index (χ0n) is 13.9. The van der Waals surface area contributed by atoms with Crippen molar-refractivity contribution in [3.8, 4) is 0 Å². The first-order chi connectivity index (χ1) is 12.2. The minimum Gasteiger partial charge on any atom is -0.375 e. The molecule has 4 rings (SSSR count). The second-order valence-electron chi connectivity index (χ2n) is 6.60. The zero-order chi connectivity index (χ0) is 17.1. The fraction of sp³-hybridized carbons (Fsp3) is 0.529. The summed E-state index contributed by atoms with van der Waals surface area (Å²) >= 11 is 1.45. The van der Waals surface area contributed by atoms with Gasteiger partial charge < -0.3 is 15.0 Å². The van der Waals surface area contributed by atoms with E-state index in [-0.39, 0.29) is 11.5 Å². The van der Waals surface area contributed by atoms with Crippen LogP contribution in [-0.2, 0) is 4.74 Å². The molecular formula is C17H21N5O2S. The van der Waals surface area contributed by atoms with Crippen molar-refractivity contribution in [2.45, 2.75) is 37.3 Å². The van der Waals surface area contributed by atoms with E-state index < -0.39 is 0 Å². The fourth-order valence-corrected chi connectivity index (χ4v) is 4.18. The van der Waals surface area contributed by atoms with Crippen molar-refractivity contribution in [3.05, 3.63) is 35.0 Å². The van der Waals surface area contributed by atoms with Crippen LogP contribution in [0.1, 0.15) is 36.2 Å². The number of anilines is 1. The maximum absolute atomic E-state index is 12.4. The molecule has 1 N–H and O–H groups in total. The molecule has 25 heavy (non-hydrogen) atoms. The molecule has 0 aromatic carbocycles. The summed E-state index contributed by atoms with van der Waals surface area (Å²) in [4.78, 5) is 27.0. The number of carbonyl (C=O) groups excluding carboxylic acids is 1. The third-order valence-electron chi connectivity index (χ3n) is 5.01. The molecule has 7 nitrogen and oxygen atoms in total. The first-order valence-corrected chi connectivity index (χ1v) is 9.53. The Bertz CT molecular complexity index is 701. The van der Waals surface area contributed by atoms with Gasteiger partial charge in [-0.05, 0) is 31.7 Å². The zero-order valence-corrected chi connectivity index (χ0v) is 14.7. The minimum atomic E-state index is -0.149. The maximum Gasteiger partial charge on any atom is 0.273 e. The van der Waals surface area contributed by atoms with E-state index in [1.807, 2.05) is 16.3 Å². The van der Waals surface area contributed by atoms with Crippen LogP contribution in [0.5, 0.6) is 0 Å². The highest BCUT2D eigenvalue weighted by Crippen LogP contribution is 2.36. The van der Waals surface area contributed by atoms with Gasteiger partial charge in [-0.1, -0.05) is 0 Å². The molecule has 8 heteroatoms. The third-order valence-corrected chi connectivity index (χ3v) is 5.59. The van der Waals surface area contributed by atoms with Crippen LogP contribution in [0.3, 0.4) is 0 Å². The van der Waals surface area contributed by atoms with E-state index in [1.54, 1.807) is 17.9 Å². The van der Waals surface area contributed by atoms with Crippen LogP contribution in [0.2, 0.25) is 0 Å². The van der Waals surface area contributed by atoms with Gasteiger partial charge in [-0.2, -0.15) is 0 Å². The molecule has 2 aliphatic rings. The number of thiazole rings is 1. The third kappa shape index (κ3) is 3.64. The van der Waals surface area contributed by atoms with Crippen LogP contribution in [0, 0.1) is 0 Å². The number of nitrogens with zero attached hydrogens (tertiary/aromatic N) is 4. The summed E-state index contributed by atoms with van der Waals surface area (Å²) in [7, 11) is 0. The van der Waals surface area contributed by atoms with E-state index in [2.05, 4.69) is 20.3 Å². The average molecular weight is 359 g/mol. The van der Waals surface area contributed by atoms with Gasteiger partial charge in [0, 0.05) is 43.5 Å². The summed E-state index contributed by atoms with van der Waals surface area (Å²) in [6, 6.07) is 2.11. The fourth-order valence-electron chi connectivity index (χ4n) is 3.65. The van der Waals surface area contributed by atoms with Crippen molar-refractivity contribution >= 4 is 23.2 Å². The molecule has 1 atom stereocenters. The van der Waals surface area contributed by atoms with E-state index >= 15 is 0 Å². The number of aromatic nitrogens is 3. The molecule has 2 aromatic rings. The molecule has 4 heterocycles. The van der Waals surface area contributed by atoms with Crippen LogP contribution in [0.15, 0.2) is 29.4 Å². The van der Waals surface area contributed by atoms with E-state index in [4.69, 9.17) is 4.74 Å². The highest BCUT2D eigenvalue weighted by molar-refractivity contribution is 7.07. The van der Waals surface area contributed by atoms with Gasteiger partial charge in [0.15, 0.2) is 0 Å². The van der Waals surface area contributed by atoms with Gasteiger partial charge in [0.05, 0.1) is 11.1 Å². The monoisotopic (exact) mass is 359 g/mol. The van der Waals surface area contributed by atoms with Crippen LogP contribution >= 0.6 is 11.3 Å². The molecule has 0 radical (unpaired) electrons. The molecular weight excluding hydrogens is 338 g/mol. The summed E-state index contributed by atoms with van der Waals surface area (Å²) in [5, 5.41) is 5.23. The van der Waals surface area contributed by atoms with Crippen LogP contribution in [0.4, 0.5) is 5.95 Å². The van der Waals surface area contributed by atoms with Crippen molar-refractivity contribution in [3.63, 3.8) is 0 Å². The molecule has 0 unspecified atom stereocenters. The van der Waals surface area contributed by atoms with Gasteiger partial charge in [0.25, 0.3) is 5.91 Å². The number of hydrogen-bond donors (Lipinski definition) is 1. The largest absolute Gasteiger partial charge is 0.375 e. The molecule has 2 fully saturated rings. The normalized spacial score (nSPS) is 22.7. The second-order valence-corrected chi connectivity index (χ2v) is 7.32. The van der Waals surface area contributed by atoms with E-state index in [9.17, 15) is 4.79 Å². The average Bonchev–Trinajstić information content (AvgIpc) is 3.18. The van der Waals surface area contributed by atoms with Crippen molar-refractivity contribution in [1.29, 1.82) is 0 Å². The van der Waals surface area contributed by atoms with Gasteiger partial charge in [0.2, 0.25) is 5.95 Å². The number of amides is 1. The number of nitrogens with one attached hydrogen (secondary N) is 1. The molecule has 0 bridgehead atoms. The molecule has 2 aliphatic heterocycles.